The van der Waals surface area contributed by atoms with Crippen molar-refractivity contribution in [3.63, 3.8) is 0 Å². The van der Waals surface area contributed by atoms with Gasteiger partial charge in [0.25, 0.3) is 0 Å². The summed E-state index contributed by atoms with van der Waals surface area (Å²) in [6.07, 6.45) is 2.72. The SMILES string of the molecule is COc1cccc(CN2CCCCC2C(=O)O)c1OC. The van der Waals surface area contributed by atoms with Gasteiger partial charge in [-0.2, -0.15) is 0 Å². The van der Waals surface area contributed by atoms with Crippen LogP contribution in [0.4, 0.5) is 0 Å². The lowest BCUT2D eigenvalue weighted by Crippen LogP contribution is -2.44. The van der Waals surface area contributed by atoms with Gasteiger partial charge in [0, 0.05) is 12.1 Å². The van der Waals surface area contributed by atoms with E-state index in [2.05, 4.69) is 0 Å². The summed E-state index contributed by atoms with van der Waals surface area (Å²) in [5, 5.41) is 9.32. The second kappa shape index (κ2) is 6.61. The van der Waals surface area contributed by atoms with Crippen LogP contribution in [-0.2, 0) is 11.3 Å². The van der Waals surface area contributed by atoms with Crippen LogP contribution in [-0.4, -0.2) is 42.8 Å². The van der Waals surface area contributed by atoms with Gasteiger partial charge in [-0.1, -0.05) is 18.6 Å². The van der Waals surface area contributed by atoms with E-state index in [0.717, 1.165) is 24.9 Å². The zero-order valence-electron chi connectivity index (χ0n) is 12.0. The van der Waals surface area contributed by atoms with Gasteiger partial charge in [-0.15, -0.1) is 0 Å². The van der Waals surface area contributed by atoms with Crippen LogP contribution in [0.3, 0.4) is 0 Å². The van der Waals surface area contributed by atoms with Gasteiger partial charge < -0.3 is 14.6 Å². The molecule has 1 aliphatic rings. The average Bonchev–Trinajstić information content (AvgIpc) is 2.47. The number of hydrogen-bond donors (Lipinski definition) is 1. The third-order valence-electron chi connectivity index (χ3n) is 3.76. The molecule has 0 radical (unpaired) electrons. The van der Waals surface area contributed by atoms with Crippen molar-refractivity contribution in [1.82, 2.24) is 4.90 Å². The molecule has 1 aromatic rings. The first kappa shape index (κ1) is 14.7. The van der Waals surface area contributed by atoms with Crippen LogP contribution < -0.4 is 9.47 Å². The van der Waals surface area contributed by atoms with E-state index < -0.39 is 12.0 Å². The smallest absolute Gasteiger partial charge is 0.320 e. The number of aliphatic carboxylic acids is 1. The molecule has 2 rings (SSSR count). The van der Waals surface area contributed by atoms with Gasteiger partial charge in [-0.05, 0) is 25.5 Å². The first-order chi connectivity index (χ1) is 9.67. The normalized spacial score (nSPS) is 19.6. The van der Waals surface area contributed by atoms with Gasteiger partial charge in [0.1, 0.15) is 6.04 Å². The van der Waals surface area contributed by atoms with Crippen molar-refractivity contribution in [3.05, 3.63) is 23.8 Å². The fourth-order valence-corrected chi connectivity index (χ4v) is 2.76. The topological polar surface area (TPSA) is 59.0 Å². The molecule has 5 heteroatoms. The molecule has 0 saturated carbocycles. The van der Waals surface area contributed by atoms with E-state index in [1.807, 2.05) is 23.1 Å². The van der Waals surface area contributed by atoms with E-state index >= 15 is 0 Å². The van der Waals surface area contributed by atoms with Crippen molar-refractivity contribution in [2.24, 2.45) is 0 Å². The third-order valence-corrected chi connectivity index (χ3v) is 3.76. The molecule has 0 spiro atoms. The Balaban J connectivity index is 2.22. The third kappa shape index (κ3) is 3.04. The molecule has 5 nitrogen and oxygen atoms in total. The summed E-state index contributed by atoms with van der Waals surface area (Å²) in [4.78, 5) is 13.3. The molecule has 1 saturated heterocycles. The highest BCUT2D eigenvalue weighted by atomic mass is 16.5. The molecule has 1 aromatic carbocycles. The number of para-hydroxylation sites is 1. The zero-order chi connectivity index (χ0) is 14.5. The van der Waals surface area contributed by atoms with Gasteiger partial charge in [-0.3, -0.25) is 9.69 Å². The summed E-state index contributed by atoms with van der Waals surface area (Å²) in [6, 6.07) is 5.29. The Labute approximate surface area is 119 Å². The lowest BCUT2D eigenvalue weighted by atomic mass is 10.0. The van der Waals surface area contributed by atoms with Crippen LogP contribution in [0.25, 0.3) is 0 Å². The zero-order valence-corrected chi connectivity index (χ0v) is 12.0. The van der Waals surface area contributed by atoms with E-state index in [0.29, 0.717) is 24.5 Å². The number of methoxy groups -OCH3 is 2. The van der Waals surface area contributed by atoms with Crippen LogP contribution in [0, 0.1) is 0 Å². The van der Waals surface area contributed by atoms with Crippen LogP contribution in [0.15, 0.2) is 18.2 Å². The number of piperidine rings is 1. The summed E-state index contributed by atoms with van der Waals surface area (Å²) < 4.78 is 10.7. The van der Waals surface area contributed by atoms with E-state index in [9.17, 15) is 9.90 Å². The summed E-state index contributed by atoms with van der Waals surface area (Å²) in [5.74, 6) is 0.616. The minimum absolute atomic E-state index is 0.403. The van der Waals surface area contributed by atoms with Crippen molar-refractivity contribution in [3.8, 4) is 11.5 Å². The van der Waals surface area contributed by atoms with Crippen LogP contribution in [0.1, 0.15) is 24.8 Å². The average molecular weight is 279 g/mol. The Morgan fingerprint density at radius 2 is 2.15 bits per heavy atom. The molecular formula is C15H21NO4. The van der Waals surface area contributed by atoms with Gasteiger partial charge in [0.15, 0.2) is 11.5 Å². The van der Waals surface area contributed by atoms with Crippen LogP contribution in [0.5, 0.6) is 11.5 Å². The van der Waals surface area contributed by atoms with Crippen molar-refractivity contribution >= 4 is 5.97 Å². The maximum absolute atomic E-state index is 11.3. The van der Waals surface area contributed by atoms with Crippen LogP contribution >= 0.6 is 0 Å². The fourth-order valence-electron chi connectivity index (χ4n) is 2.76. The van der Waals surface area contributed by atoms with Gasteiger partial charge >= 0.3 is 5.97 Å². The molecule has 1 unspecified atom stereocenters. The molecule has 1 fully saturated rings. The number of carboxylic acid groups (broad SMARTS) is 1. The van der Waals surface area contributed by atoms with Gasteiger partial charge in [-0.25, -0.2) is 0 Å². The van der Waals surface area contributed by atoms with Gasteiger partial charge in [0.2, 0.25) is 0 Å². The first-order valence-corrected chi connectivity index (χ1v) is 6.84. The molecule has 20 heavy (non-hydrogen) atoms. The summed E-state index contributed by atoms with van der Waals surface area (Å²) in [5.41, 5.74) is 0.958. The molecular weight excluding hydrogens is 258 g/mol. The Bertz CT molecular complexity index is 475. The second-order valence-electron chi connectivity index (χ2n) is 4.97. The molecule has 0 aromatic heterocycles. The van der Waals surface area contributed by atoms with Crippen molar-refractivity contribution in [2.75, 3.05) is 20.8 Å². The summed E-state index contributed by atoms with van der Waals surface area (Å²) in [7, 11) is 3.20. The highest BCUT2D eigenvalue weighted by Gasteiger charge is 2.29. The molecule has 0 amide bonds. The van der Waals surface area contributed by atoms with E-state index in [4.69, 9.17) is 9.47 Å². The maximum atomic E-state index is 11.3. The number of carboxylic acids is 1. The summed E-state index contributed by atoms with van der Waals surface area (Å²) >= 11 is 0. The number of hydrogen-bond acceptors (Lipinski definition) is 4. The predicted molar refractivity (Wildman–Crippen MR) is 75.2 cm³/mol. The molecule has 0 aliphatic carbocycles. The van der Waals surface area contributed by atoms with E-state index in [-0.39, 0.29) is 0 Å². The Hall–Kier alpha value is -1.75. The molecule has 1 aliphatic heterocycles. The lowest BCUT2D eigenvalue weighted by Gasteiger charge is -2.33. The second-order valence-corrected chi connectivity index (χ2v) is 4.97. The highest BCUT2D eigenvalue weighted by molar-refractivity contribution is 5.73. The largest absolute Gasteiger partial charge is 0.493 e. The first-order valence-electron chi connectivity index (χ1n) is 6.84. The number of rotatable bonds is 5. The molecule has 1 atom stereocenters. The fraction of sp³-hybridized carbons (Fsp3) is 0.533. The Morgan fingerprint density at radius 1 is 1.35 bits per heavy atom. The Morgan fingerprint density at radius 3 is 2.80 bits per heavy atom. The minimum Gasteiger partial charge on any atom is -0.493 e. The van der Waals surface area contributed by atoms with Gasteiger partial charge in [0.05, 0.1) is 14.2 Å². The number of benzene rings is 1. The standard InChI is InChI=1S/C15H21NO4/c1-19-13-8-5-6-11(14(13)20-2)10-16-9-4-3-7-12(16)15(17)18/h5-6,8,12H,3-4,7,9-10H2,1-2H3,(H,17,18). The van der Waals surface area contributed by atoms with E-state index in [1.165, 1.54) is 0 Å². The van der Waals surface area contributed by atoms with E-state index in [1.54, 1.807) is 14.2 Å². The Kier molecular flexibility index (Phi) is 4.84. The number of nitrogens with zero attached hydrogens (tertiary/aromatic N) is 1. The monoisotopic (exact) mass is 279 g/mol. The minimum atomic E-state index is -0.744. The number of likely N-dealkylation sites (tertiary alicyclic amines) is 1. The maximum Gasteiger partial charge on any atom is 0.320 e. The van der Waals surface area contributed by atoms with Crippen molar-refractivity contribution in [2.45, 2.75) is 31.8 Å². The van der Waals surface area contributed by atoms with Crippen LogP contribution in [0.2, 0.25) is 0 Å². The summed E-state index contributed by atoms with van der Waals surface area (Å²) in [6.45, 7) is 1.37. The highest BCUT2D eigenvalue weighted by Crippen LogP contribution is 2.32. The number of carbonyl (C=O) groups is 1. The molecule has 1 N–H and O–H groups in total. The van der Waals surface area contributed by atoms with Crippen molar-refractivity contribution < 1.29 is 19.4 Å². The quantitative estimate of drug-likeness (QED) is 0.895. The lowest BCUT2D eigenvalue weighted by molar-refractivity contribution is -0.144. The number of ether oxygens (including phenoxy) is 2. The molecule has 0 bridgehead atoms. The predicted octanol–water partition coefficient (Wildman–Crippen LogP) is 2.14. The molecule has 1 heterocycles. The van der Waals surface area contributed by atoms with Crippen molar-refractivity contribution in [1.29, 1.82) is 0 Å². The molecule has 110 valence electrons.